The summed E-state index contributed by atoms with van der Waals surface area (Å²) in [5.41, 5.74) is 2.87. The SMILES string of the molecule is COc1ccc(Nc2nc(-c3ccc(S(C)(=O)=O)cc3)cn3ccnc23)cc1OC. The molecule has 0 aliphatic carbocycles. The third-order valence-corrected chi connectivity index (χ3v) is 5.73. The fourth-order valence-corrected chi connectivity index (χ4v) is 3.71. The Hall–Kier alpha value is -3.59. The van der Waals surface area contributed by atoms with Gasteiger partial charge in [0.1, 0.15) is 0 Å². The lowest BCUT2D eigenvalue weighted by molar-refractivity contribution is 0.355. The summed E-state index contributed by atoms with van der Waals surface area (Å²) in [6.07, 6.45) is 6.54. The molecular formula is C21H20N4O4S. The number of imidazole rings is 1. The van der Waals surface area contributed by atoms with Crippen LogP contribution in [-0.2, 0) is 9.84 Å². The smallest absolute Gasteiger partial charge is 0.180 e. The minimum atomic E-state index is -3.26. The standard InChI is InChI=1S/C21H20N4O4S/c1-28-18-9-6-15(12-19(18)29-2)23-20-21-22-10-11-25(21)13-17(24-20)14-4-7-16(8-5-14)30(3,26)27/h4-13H,1-3H3,(H,23,24). The van der Waals surface area contributed by atoms with Crippen LogP contribution in [0.15, 0.2) is 66.0 Å². The van der Waals surface area contributed by atoms with Crippen LogP contribution in [0.3, 0.4) is 0 Å². The molecule has 2 aromatic carbocycles. The molecule has 154 valence electrons. The summed E-state index contributed by atoms with van der Waals surface area (Å²) in [5, 5.41) is 3.28. The van der Waals surface area contributed by atoms with Crippen molar-refractivity contribution in [2.24, 2.45) is 0 Å². The minimum Gasteiger partial charge on any atom is -0.493 e. The monoisotopic (exact) mass is 424 g/mol. The van der Waals surface area contributed by atoms with Crippen molar-refractivity contribution in [1.82, 2.24) is 14.4 Å². The Morgan fingerprint density at radius 2 is 1.73 bits per heavy atom. The molecule has 9 heteroatoms. The predicted octanol–water partition coefficient (Wildman–Crippen LogP) is 3.56. The summed E-state index contributed by atoms with van der Waals surface area (Å²) in [5.74, 6) is 1.77. The predicted molar refractivity (Wildman–Crippen MR) is 114 cm³/mol. The second-order valence-electron chi connectivity index (χ2n) is 6.62. The molecule has 0 atom stereocenters. The second kappa shape index (κ2) is 7.68. The summed E-state index contributed by atoms with van der Waals surface area (Å²) >= 11 is 0. The van der Waals surface area contributed by atoms with E-state index in [2.05, 4.69) is 10.3 Å². The van der Waals surface area contributed by atoms with Crippen LogP contribution in [-0.4, -0.2) is 43.3 Å². The summed E-state index contributed by atoms with van der Waals surface area (Å²) in [7, 11) is -0.0995. The van der Waals surface area contributed by atoms with Crippen LogP contribution in [0, 0.1) is 0 Å². The Morgan fingerprint density at radius 1 is 1.00 bits per heavy atom. The van der Waals surface area contributed by atoms with Crippen molar-refractivity contribution in [1.29, 1.82) is 0 Å². The van der Waals surface area contributed by atoms with E-state index in [1.54, 1.807) is 50.7 Å². The number of sulfone groups is 1. The van der Waals surface area contributed by atoms with Crippen LogP contribution in [0.1, 0.15) is 0 Å². The number of nitrogens with one attached hydrogen (secondary N) is 1. The summed E-state index contributed by atoms with van der Waals surface area (Å²) < 4.78 is 35.9. The van der Waals surface area contributed by atoms with E-state index in [1.807, 2.05) is 28.9 Å². The zero-order valence-electron chi connectivity index (χ0n) is 16.7. The third-order valence-electron chi connectivity index (χ3n) is 4.60. The van der Waals surface area contributed by atoms with E-state index >= 15 is 0 Å². The molecule has 0 aliphatic rings. The molecule has 0 aliphatic heterocycles. The number of nitrogens with zero attached hydrogens (tertiary/aromatic N) is 3. The number of methoxy groups -OCH3 is 2. The van der Waals surface area contributed by atoms with Crippen LogP contribution < -0.4 is 14.8 Å². The van der Waals surface area contributed by atoms with Gasteiger partial charge in [0.05, 0.1) is 24.8 Å². The highest BCUT2D eigenvalue weighted by molar-refractivity contribution is 7.90. The molecular weight excluding hydrogens is 404 g/mol. The Balaban J connectivity index is 1.75. The van der Waals surface area contributed by atoms with Gasteiger partial charge in [-0.3, -0.25) is 0 Å². The molecule has 1 N–H and O–H groups in total. The Morgan fingerprint density at radius 3 is 2.40 bits per heavy atom. The lowest BCUT2D eigenvalue weighted by atomic mass is 10.1. The lowest BCUT2D eigenvalue weighted by Crippen LogP contribution is -2.01. The average Bonchev–Trinajstić information content (AvgIpc) is 3.22. The van der Waals surface area contributed by atoms with Gasteiger partial charge < -0.3 is 19.2 Å². The number of ether oxygens (including phenoxy) is 2. The normalized spacial score (nSPS) is 11.4. The number of anilines is 2. The largest absolute Gasteiger partial charge is 0.493 e. The van der Waals surface area contributed by atoms with Crippen LogP contribution >= 0.6 is 0 Å². The van der Waals surface area contributed by atoms with Crippen molar-refractivity contribution in [3.8, 4) is 22.8 Å². The van der Waals surface area contributed by atoms with E-state index in [1.165, 1.54) is 6.26 Å². The van der Waals surface area contributed by atoms with E-state index < -0.39 is 9.84 Å². The van der Waals surface area contributed by atoms with Gasteiger partial charge in [0, 0.05) is 42.2 Å². The molecule has 0 unspecified atom stereocenters. The van der Waals surface area contributed by atoms with Gasteiger partial charge in [0.2, 0.25) is 0 Å². The number of hydrogen-bond acceptors (Lipinski definition) is 7. The first-order valence-electron chi connectivity index (χ1n) is 9.02. The topological polar surface area (TPSA) is 94.8 Å². The zero-order valence-corrected chi connectivity index (χ0v) is 17.5. The van der Waals surface area contributed by atoms with Crippen molar-refractivity contribution in [3.05, 3.63) is 61.1 Å². The maximum Gasteiger partial charge on any atom is 0.180 e. The van der Waals surface area contributed by atoms with E-state index in [9.17, 15) is 8.42 Å². The Labute approximate surface area is 174 Å². The molecule has 0 spiro atoms. The van der Waals surface area contributed by atoms with Gasteiger partial charge in [-0.05, 0) is 24.3 Å². The quantitative estimate of drug-likeness (QED) is 0.506. The van der Waals surface area contributed by atoms with Crippen molar-refractivity contribution in [2.45, 2.75) is 4.90 Å². The number of hydrogen-bond donors (Lipinski definition) is 1. The van der Waals surface area contributed by atoms with Gasteiger partial charge in [-0.25, -0.2) is 18.4 Å². The highest BCUT2D eigenvalue weighted by atomic mass is 32.2. The Kier molecular flexibility index (Phi) is 5.04. The maximum absolute atomic E-state index is 11.7. The molecule has 8 nitrogen and oxygen atoms in total. The fraction of sp³-hybridized carbons (Fsp3) is 0.143. The van der Waals surface area contributed by atoms with Gasteiger partial charge in [0.15, 0.2) is 32.8 Å². The second-order valence-corrected chi connectivity index (χ2v) is 8.64. The molecule has 30 heavy (non-hydrogen) atoms. The third kappa shape index (κ3) is 3.79. The van der Waals surface area contributed by atoms with Crippen molar-refractivity contribution in [3.63, 3.8) is 0 Å². The summed E-state index contributed by atoms with van der Waals surface area (Å²) in [6, 6.07) is 12.1. The zero-order chi connectivity index (χ0) is 21.3. The molecule has 2 aromatic heterocycles. The summed E-state index contributed by atoms with van der Waals surface area (Å²) in [6.45, 7) is 0. The maximum atomic E-state index is 11.7. The van der Waals surface area contributed by atoms with Crippen molar-refractivity contribution >= 4 is 27.0 Å². The lowest BCUT2D eigenvalue weighted by Gasteiger charge is -2.13. The molecule has 4 aromatic rings. The minimum absolute atomic E-state index is 0.263. The van der Waals surface area contributed by atoms with Gasteiger partial charge in [-0.1, -0.05) is 12.1 Å². The van der Waals surface area contributed by atoms with Gasteiger partial charge in [-0.15, -0.1) is 0 Å². The van der Waals surface area contributed by atoms with Crippen LogP contribution in [0.2, 0.25) is 0 Å². The van der Waals surface area contributed by atoms with Gasteiger partial charge in [-0.2, -0.15) is 0 Å². The van der Waals surface area contributed by atoms with Crippen LogP contribution in [0.4, 0.5) is 11.5 Å². The number of benzene rings is 2. The number of rotatable bonds is 6. The first-order valence-corrected chi connectivity index (χ1v) is 10.9. The van der Waals surface area contributed by atoms with Gasteiger partial charge in [0.25, 0.3) is 0 Å². The molecule has 0 saturated carbocycles. The first kappa shape index (κ1) is 19.7. The molecule has 0 fully saturated rings. The Bertz CT molecular complexity index is 1310. The molecule has 0 bridgehead atoms. The molecule has 0 radical (unpaired) electrons. The average molecular weight is 424 g/mol. The van der Waals surface area contributed by atoms with Crippen molar-refractivity contribution < 1.29 is 17.9 Å². The number of aromatic nitrogens is 3. The molecule has 2 heterocycles. The van der Waals surface area contributed by atoms with E-state index in [-0.39, 0.29) is 4.90 Å². The van der Waals surface area contributed by atoms with E-state index in [4.69, 9.17) is 14.5 Å². The molecule has 0 saturated heterocycles. The number of fused-ring (bicyclic) bond motifs is 1. The highest BCUT2D eigenvalue weighted by Gasteiger charge is 2.13. The van der Waals surface area contributed by atoms with Crippen molar-refractivity contribution in [2.75, 3.05) is 25.8 Å². The van der Waals surface area contributed by atoms with E-state index in [0.717, 1.165) is 11.3 Å². The summed E-state index contributed by atoms with van der Waals surface area (Å²) in [4.78, 5) is 9.35. The molecule has 0 amide bonds. The molecule has 4 rings (SSSR count). The fourth-order valence-electron chi connectivity index (χ4n) is 3.08. The first-order chi connectivity index (χ1) is 14.4. The highest BCUT2D eigenvalue weighted by Crippen LogP contribution is 2.32. The van der Waals surface area contributed by atoms with Crippen LogP contribution in [0.25, 0.3) is 16.9 Å². The van der Waals surface area contributed by atoms with Gasteiger partial charge >= 0.3 is 0 Å². The van der Waals surface area contributed by atoms with Crippen LogP contribution in [0.5, 0.6) is 11.5 Å². The van der Waals surface area contributed by atoms with E-state index in [0.29, 0.717) is 28.7 Å².